The Morgan fingerprint density at radius 2 is 1.67 bits per heavy atom. The van der Waals surface area contributed by atoms with Crippen LogP contribution in [0.4, 0.5) is 15.8 Å². The van der Waals surface area contributed by atoms with Gasteiger partial charge in [-0.3, -0.25) is 14.5 Å². The van der Waals surface area contributed by atoms with E-state index in [1.807, 2.05) is 24.3 Å². The van der Waals surface area contributed by atoms with Gasteiger partial charge in [0.1, 0.15) is 5.82 Å². The van der Waals surface area contributed by atoms with Crippen LogP contribution in [0.25, 0.3) is 0 Å². The standard InChI is InChI=1S/C21H23Cl2FN4O2/c22-15-2-5-17(6-3-15)28-12-10-27(11-13-28)9-1-8-25-20(29)21(30)26-16-4-7-19(24)18(23)14-16/h2-7,14H,1,8-13H2,(H,25,29)(H,26,30). The number of hydrogen-bond acceptors (Lipinski definition) is 4. The zero-order chi connectivity index (χ0) is 21.5. The molecule has 0 aromatic heterocycles. The monoisotopic (exact) mass is 452 g/mol. The Morgan fingerprint density at radius 3 is 2.33 bits per heavy atom. The molecule has 0 unspecified atom stereocenters. The maximum atomic E-state index is 13.1. The smallest absolute Gasteiger partial charge is 0.313 e. The number of piperazine rings is 1. The molecule has 0 aliphatic carbocycles. The third-order valence-electron chi connectivity index (χ3n) is 4.88. The third-order valence-corrected chi connectivity index (χ3v) is 5.43. The molecule has 9 heteroatoms. The first-order chi connectivity index (χ1) is 14.4. The van der Waals surface area contributed by atoms with Gasteiger partial charge in [0.25, 0.3) is 0 Å². The van der Waals surface area contributed by atoms with Crippen LogP contribution in [-0.2, 0) is 9.59 Å². The van der Waals surface area contributed by atoms with Crippen molar-refractivity contribution in [3.8, 4) is 0 Å². The highest BCUT2D eigenvalue weighted by Crippen LogP contribution is 2.20. The van der Waals surface area contributed by atoms with Crippen LogP contribution in [0, 0.1) is 5.82 Å². The lowest BCUT2D eigenvalue weighted by atomic mass is 10.2. The van der Waals surface area contributed by atoms with Gasteiger partial charge in [-0.25, -0.2) is 4.39 Å². The second kappa shape index (κ2) is 10.6. The molecular formula is C21H23Cl2FN4O2. The molecule has 2 N–H and O–H groups in total. The summed E-state index contributed by atoms with van der Waals surface area (Å²) in [5.41, 5.74) is 1.43. The summed E-state index contributed by atoms with van der Waals surface area (Å²) in [5.74, 6) is -2.13. The van der Waals surface area contributed by atoms with Gasteiger partial charge < -0.3 is 15.5 Å². The average molecular weight is 453 g/mol. The van der Waals surface area contributed by atoms with Crippen LogP contribution < -0.4 is 15.5 Å². The molecule has 0 atom stereocenters. The van der Waals surface area contributed by atoms with Crippen molar-refractivity contribution < 1.29 is 14.0 Å². The normalized spacial score (nSPS) is 14.4. The number of anilines is 2. The Morgan fingerprint density at radius 1 is 0.967 bits per heavy atom. The molecule has 2 amide bonds. The first kappa shape index (κ1) is 22.3. The molecule has 0 spiro atoms. The number of benzene rings is 2. The lowest BCUT2D eigenvalue weighted by molar-refractivity contribution is -0.136. The first-order valence-corrected chi connectivity index (χ1v) is 10.4. The van der Waals surface area contributed by atoms with Gasteiger partial charge in [0.05, 0.1) is 5.02 Å². The van der Waals surface area contributed by atoms with E-state index in [0.29, 0.717) is 6.54 Å². The van der Waals surface area contributed by atoms with Crippen molar-refractivity contribution in [1.29, 1.82) is 0 Å². The van der Waals surface area contributed by atoms with Gasteiger partial charge in [-0.15, -0.1) is 0 Å². The summed E-state index contributed by atoms with van der Waals surface area (Å²) >= 11 is 11.6. The lowest BCUT2D eigenvalue weighted by Gasteiger charge is -2.36. The van der Waals surface area contributed by atoms with Crippen LogP contribution in [0.3, 0.4) is 0 Å². The van der Waals surface area contributed by atoms with E-state index in [1.54, 1.807) is 0 Å². The van der Waals surface area contributed by atoms with E-state index in [0.717, 1.165) is 50.2 Å². The molecule has 2 aromatic rings. The summed E-state index contributed by atoms with van der Waals surface area (Å²) in [4.78, 5) is 28.5. The lowest BCUT2D eigenvalue weighted by Crippen LogP contribution is -2.47. The van der Waals surface area contributed by atoms with Gasteiger partial charge in [-0.2, -0.15) is 0 Å². The van der Waals surface area contributed by atoms with E-state index < -0.39 is 17.6 Å². The van der Waals surface area contributed by atoms with Gasteiger partial charge in [0.15, 0.2) is 0 Å². The summed E-state index contributed by atoms with van der Waals surface area (Å²) in [6.07, 6.45) is 0.738. The van der Waals surface area contributed by atoms with E-state index >= 15 is 0 Å². The van der Waals surface area contributed by atoms with E-state index in [2.05, 4.69) is 20.4 Å². The van der Waals surface area contributed by atoms with Crippen LogP contribution in [0.2, 0.25) is 10.0 Å². The summed E-state index contributed by atoms with van der Waals surface area (Å²) in [6, 6.07) is 11.6. The van der Waals surface area contributed by atoms with Crippen molar-refractivity contribution in [2.24, 2.45) is 0 Å². The number of hydrogen-bond donors (Lipinski definition) is 2. The minimum Gasteiger partial charge on any atom is -0.369 e. The van der Waals surface area contributed by atoms with Crippen LogP contribution in [0.1, 0.15) is 6.42 Å². The predicted octanol–water partition coefficient (Wildman–Crippen LogP) is 3.40. The molecule has 160 valence electrons. The number of carbonyl (C=O) groups is 2. The highest BCUT2D eigenvalue weighted by Gasteiger charge is 2.18. The van der Waals surface area contributed by atoms with E-state index in [9.17, 15) is 14.0 Å². The van der Waals surface area contributed by atoms with Gasteiger partial charge in [0.2, 0.25) is 0 Å². The Bertz CT molecular complexity index is 887. The molecule has 1 aliphatic heterocycles. The fourth-order valence-electron chi connectivity index (χ4n) is 3.23. The van der Waals surface area contributed by atoms with Crippen molar-refractivity contribution >= 4 is 46.4 Å². The molecule has 30 heavy (non-hydrogen) atoms. The fraction of sp³-hybridized carbons (Fsp3) is 0.333. The van der Waals surface area contributed by atoms with Crippen molar-refractivity contribution in [2.45, 2.75) is 6.42 Å². The number of amides is 2. The van der Waals surface area contributed by atoms with Crippen LogP contribution in [0.15, 0.2) is 42.5 Å². The Hall–Kier alpha value is -2.35. The van der Waals surface area contributed by atoms with E-state index in [-0.39, 0.29) is 10.7 Å². The molecule has 3 rings (SSSR count). The zero-order valence-corrected chi connectivity index (χ0v) is 17.8. The number of halogens is 3. The summed E-state index contributed by atoms with van der Waals surface area (Å²) in [6.45, 7) is 4.95. The van der Waals surface area contributed by atoms with Crippen molar-refractivity contribution in [3.05, 3.63) is 58.3 Å². The first-order valence-electron chi connectivity index (χ1n) is 9.69. The second-order valence-corrected chi connectivity index (χ2v) is 7.84. The molecular weight excluding hydrogens is 430 g/mol. The predicted molar refractivity (Wildman–Crippen MR) is 118 cm³/mol. The van der Waals surface area contributed by atoms with Crippen LogP contribution in [0.5, 0.6) is 0 Å². The minimum absolute atomic E-state index is 0.121. The third kappa shape index (κ3) is 6.32. The fourth-order valence-corrected chi connectivity index (χ4v) is 3.53. The largest absolute Gasteiger partial charge is 0.369 e. The second-order valence-electron chi connectivity index (χ2n) is 7.00. The number of nitrogens with zero attached hydrogens (tertiary/aromatic N) is 2. The van der Waals surface area contributed by atoms with Gasteiger partial charge in [0, 0.05) is 49.1 Å². The van der Waals surface area contributed by atoms with Crippen LogP contribution in [-0.4, -0.2) is 56.0 Å². The molecule has 2 aromatic carbocycles. The molecule has 1 heterocycles. The Balaban J connectivity index is 1.33. The maximum absolute atomic E-state index is 13.1. The van der Waals surface area contributed by atoms with Crippen molar-refractivity contribution in [2.75, 3.05) is 49.5 Å². The van der Waals surface area contributed by atoms with Crippen molar-refractivity contribution in [3.63, 3.8) is 0 Å². The van der Waals surface area contributed by atoms with Crippen molar-refractivity contribution in [1.82, 2.24) is 10.2 Å². The number of nitrogens with one attached hydrogen (secondary N) is 2. The maximum Gasteiger partial charge on any atom is 0.313 e. The minimum atomic E-state index is -0.811. The van der Waals surface area contributed by atoms with Gasteiger partial charge >= 0.3 is 11.8 Å². The average Bonchev–Trinajstić information content (AvgIpc) is 2.74. The summed E-state index contributed by atoms with van der Waals surface area (Å²) < 4.78 is 13.1. The summed E-state index contributed by atoms with van der Waals surface area (Å²) in [7, 11) is 0. The number of carbonyl (C=O) groups excluding carboxylic acids is 2. The Kier molecular flexibility index (Phi) is 7.90. The molecule has 0 bridgehead atoms. The molecule has 1 aliphatic rings. The SMILES string of the molecule is O=C(NCCCN1CCN(c2ccc(Cl)cc2)CC1)C(=O)Nc1ccc(F)c(Cl)c1. The highest BCUT2D eigenvalue weighted by molar-refractivity contribution is 6.39. The van der Waals surface area contributed by atoms with E-state index in [4.69, 9.17) is 23.2 Å². The van der Waals surface area contributed by atoms with E-state index in [1.165, 1.54) is 17.8 Å². The molecule has 1 saturated heterocycles. The molecule has 1 fully saturated rings. The quantitative estimate of drug-likeness (QED) is 0.520. The van der Waals surface area contributed by atoms with Gasteiger partial charge in [-0.1, -0.05) is 23.2 Å². The zero-order valence-electron chi connectivity index (χ0n) is 16.3. The molecule has 0 radical (unpaired) electrons. The molecule has 0 saturated carbocycles. The topological polar surface area (TPSA) is 64.7 Å². The Labute approximate surface area is 184 Å². The highest BCUT2D eigenvalue weighted by atomic mass is 35.5. The van der Waals surface area contributed by atoms with Crippen LogP contribution >= 0.6 is 23.2 Å². The number of rotatable bonds is 6. The van der Waals surface area contributed by atoms with Gasteiger partial charge in [-0.05, 0) is 55.4 Å². The summed E-state index contributed by atoms with van der Waals surface area (Å²) in [5, 5.41) is 5.61. The molecule has 6 nitrogen and oxygen atoms in total.